The van der Waals surface area contributed by atoms with E-state index >= 15 is 0 Å². The molecule has 0 spiro atoms. The highest BCUT2D eigenvalue weighted by Gasteiger charge is 2.39. The van der Waals surface area contributed by atoms with Crippen molar-refractivity contribution in [2.24, 2.45) is 5.92 Å². The zero-order valence-corrected chi connectivity index (χ0v) is 18.2. The van der Waals surface area contributed by atoms with Crippen LogP contribution in [0.25, 0.3) is 0 Å². The maximum atomic E-state index is 13.3. The van der Waals surface area contributed by atoms with Crippen molar-refractivity contribution in [1.29, 1.82) is 0 Å². The van der Waals surface area contributed by atoms with Crippen LogP contribution in [0.5, 0.6) is 0 Å². The van der Waals surface area contributed by atoms with E-state index in [0.29, 0.717) is 30.9 Å². The summed E-state index contributed by atoms with van der Waals surface area (Å²) in [4.78, 5) is 24.7. The third kappa shape index (κ3) is 3.76. The Bertz CT molecular complexity index is 1320. The molecule has 2 bridgehead atoms. The predicted octanol–water partition coefficient (Wildman–Crippen LogP) is 2.91. The second kappa shape index (κ2) is 8.03. The van der Waals surface area contributed by atoms with Gasteiger partial charge in [0.05, 0.1) is 4.90 Å². The van der Waals surface area contributed by atoms with E-state index in [0.717, 1.165) is 12.1 Å². The van der Waals surface area contributed by atoms with Crippen molar-refractivity contribution in [3.05, 3.63) is 94.4 Å². The van der Waals surface area contributed by atoms with Crippen molar-refractivity contribution < 1.29 is 13.2 Å². The summed E-state index contributed by atoms with van der Waals surface area (Å²) in [6.45, 7) is 1.29. The number of amides is 1. The molecule has 1 amide bonds. The van der Waals surface area contributed by atoms with Crippen molar-refractivity contribution in [3.63, 3.8) is 0 Å². The Labute approximate surface area is 186 Å². The van der Waals surface area contributed by atoms with Gasteiger partial charge in [-0.15, -0.1) is 0 Å². The molecule has 3 aromatic rings. The summed E-state index contributed by atoms with van der Waals surface area (Å²) < 4.78 is 30.0. The average Bonchev–Trinajstić information content (AvgIpc) is 2.80. The van der Waals surface area contributed by atoms with Crippen LogP contribution in [-0.2, 0) is 16.6 Å². The van der Waals surface area contributed by atoms with Gasteiger partial charge < -0.3 is 9.88 Å². The van der Waals surface area contributed by atoms with Gasteiger partial charge >= 0.3 is 0 Å². The summed E-state index contributed by atoms with van der Waals surface area (Å²) in [5.41, 5.74) is 1.94. The second-order valence-corrected chi connectivity index (χ2v) is 10.3. The fourth-order valence-corrected chi connectivity index (χ4v) is 6.26. The van der Waals surface area contributed by atoms with E-state index in [4.69, 9.17) is 0 Å². The van der Waals surface area contributed by atoms with Crippen molar-refractivity contribution in [1.82, 2.24) is 8.87 Å². The lowest BCUT2D eigenvalue weighted by Gasteiger charge is -2.42. The van der Waals surface area contributed by atoms with Gasteiger partial charge in [-0.2, -0.15) is 4.31 Å². The maximum absolute atomic E-state index is 13.3. The topological polar surface area (TPSA) is 88.5 Å². The quantitative estimate of drug-likeness (QED) is 0.663. The molecule has 0 radical (unpaired) electrons. The normalized spacial score (nSPS) is 20.4. The van der Waals surface area contributed by atoms with Crippen LogP contribution in [0.2, 0.25) is 0 Å². The standard InChI is InChI=1S/C24H23N3O4S/c28-23-8-4-7-22-19-13-17(15-27(22)23)14-26(16-19)32(30,31)21-11-9-20(10-12-21)25-24(29)18-5-2-1-3-6-18/h1-12,17,19H,13-16H2,(H,25,29). The molecule has 2 aromatic carbocycles. The minimum atomic E-state index is -3.68. The molecular formula is C24H23N3O4S. The maximum Gasteiger partial charge on any atom is 0.255 e. The summed E-state index contributed by atoms with van der Waals surface area (Å²) >= 11 is 0. The van der Waals surface area contributed by atoms with E-state index in [1.807, 2.05) is 12.1 Å². The van der Waals surface area contributed by atoms with E-state index in [2.05, 4.69) is 5.32 Å². The number of hydrogen-bond donors (Lipinski definition) is 1. The van der Waals surface area contributed by atoms with Gasteiger partial charge in [0.1, 0.15) is 0 Å². The first kappa shape index (κ1) is 20.7. The Hall–Kier alpha value is -3.23. The zero-order chi connectivity index (χ0) is 22.3. The monoisotopic (exact) mass is 449 g/mol. The Balaban J connectivity index is 1.34. The molecule has 1 N–H and O–H groups in total. The number of benzene rings is 2. The van der Waals surface area contributed by atoms with E-state index in [1.165, 1.54) is 16.4 Å². The minimum absolute atomic E-state index is 0.00982. The number of aromatic nitrogens is 1. The third-order valence-corrected chi connectivity index (χ3v) is 8.08. The van der Waals surface area contributed by atoms with Gasteiger partial charge in [0.15, 0.2) is 0 Å². The van der Waals surface area contributed by atoms with Gasteiger partial charge in [0.25, 0.3) is 11.5 Å². The summed E-state index contributed by atoms with van der Waals surface area (Å²) in [6.07, 6.45) is 0.889. The Kier molecular flexibility index (Phi) is 5.19. The lowest BCUT2D eigenvalue weighted by atomic mass is 9.84. The summed E-state index contributed by atoms with van der Waals surface area (Å²) in [5, 5.41) is 2.79. The van der Waals surface area contributed by atoms with E-state index in [9.17, 15) is 18.0 Å². The fraction of sp³-hybridized carbons (Fsp3) is 0.250. The van der Waals surface area contributed by atoms with E-state index in [1.54, 1.807) is 53.1 Å². The molecule has 2 unspecified atom stereocenters. The summed E-state index contributed by atoms with van der Waals surface area (Å²) in [7, 11) is -3.68. The number of carbonyl (C=O) groups is 1. The first-order valence-corrected chi connectivity index (χ1v) is 12.0. The predicted molar refractivity (Wildman–Crippen MR) is 121 cm³/mol. The van der Waals surface area contributed by atoms with Crippen LogP contribution in [0.3, 0.4) is 0 Å². The molecule has 1 fully saturated rings. The molecule has 2 atom stereocenters. The molecule has 0 aliphatic carbocycles. The first-order valence-electron chi connectivity index (χ1n) is 10.6. The third-order valence-electron chi connectivity index (χ3n) is 6.23. The minimum Gasteiger partial charge on any atom is -0.322 e. The van der Waals surface area contributed by atoms with E-state index in [-0.39, 0.29) is 28.2 Å². The Morgan fingerprint density at radius 3 is 2.38 bits per heavy atom. The molecule has 3 heterocycles. The molecule has 1 saturated heterocycles. The molecule has 1 aromatic heterocycles. The molecule has 8 heteroatoms. The Morgan fingerprint density at radius 1 is 0.875 bits per heavy atom. The number of hydrogen-bond acceptors (Lipinski definition) is 4. The molecule has 0 saturated carbocycles. The SMILES string of the molecule is O=C(Nc1ccc(S(=O)(=O)N2CC3CC(C2)c2cccc(=O)n2C3)cc1)c1ccccc1. The highest BCUT2D eigenvalue weighted by molar-refractivity contribution is 7.89. The van der Waals surface area contributed by atoms with Gasteiger partial charge in [0, 0.05) is 48.6 Å². The van der Waals surface area contributed by atoms with Crippen molar-refractivity contribution in [2.75, 3.05) is 18.4 Å². The van der Waals surface area contributed by atoms with Crippen LogP contribution >= 0.6 is 0 Å². The number of rotatable bonds is 4. The molecular weight excluding hydrogens is 426 g/mol. The number of piperidine rings is 1. The second-order valence-electron chi connectivity index (χ2n) is 8.36. The van der Waals surface area contributed by atoms with Crippen molar-refractivity contribution in [3.8, 4) is 0 Å². The largest absolute Gasteiger partial charge is 0.322 e. The van der Waals surface area contributed by atoms with Crippen LogP contribution in [0, 0.1) is 5.92 Å². The van der Waals surface area contributed by atoms with Crippen molar-refractivity contribution in [2.45, 2.75) is 23.8 Å². The molecule has 7 nitrogen and oxygen atoms in total. The summed E-state index contributed by atoms with van der Waals surface area (Å²) in [6, 6.07) is 20.3. The number of nitrogens with zero attached hydrogens (tertiary/aromatic N) is 2. The molecule has 5 rings (SSSR count). The van der Waals surface area contributed by atoms with Crippen molar-refractivity contribution >= 4 is 21.6 Å². The molecule has 2 aliphatic heterocycles. The van der Waals surface area contributed by atoms with Crippen LogP contribution in [0.15, 0.2) is 82.5 Å². The van der Waals surface area contributed by atoms with Crippen LogP contribution in [0.1, 0.15) is 28.4 Å². The highest BCUT2D eigenvalue weighted by atomic mass is 32.2. The number of sulfonamides is 1. The van der Waals surface area contributed by atoms with E-state index < -0.39 is 10.0 Å². The molecule has 32 heavy (non-hydrogen) atoms. The van der Waals surface area contributed by atoms with Gasteiger partial charge in [-0.25, -0.2) is 8.42 Å². The zero-order valence-electron chi connectivity index (χ0n) is 17.3. The highest BCUT2D eigenvalue weighted by Crippen LogP contribution is 2.37. The van der Waals surface area contributed by atoms with Gasteiger partial charge in [-0.05, 0) is 54.8 Å². The number of fused-ring (bicyclic) bond motifs is 4. The number of carbonyl (C=O) groups excluding carboxylic acids is 1. The number of nitrogens with one attached hydrogen (secondary N) is 1. The fourth-order valence-electron chi connectivity index (χ4n) is 4.70. The lowest BCUT2D eigenvalue weighted by Crippen LogP contribution is -2.48. The lowest BCUT2D eigenvalue weighted by molar-refractivity contribution is 0.102. The number of anilines is 1. The van der Waals surface area contributed by atoms with Crippen LogP contribution < -0.4 is 10.9 Å². The van der Waals surface area contributed by atoms with Gasteiger partial charge in [0.2, 0.25) is 10.0 Å². The molecule has 164 valence electrons. The molecule has 2 aliphatic rings. The smallest absolute Gasteiger partial charge is 0.255 e. The average molecular weight is 450 g/mol. The van der Waals surface area contributed by atoms with Gasteiger partial charge in [-0.1, -0.05) is 24.3 Å². The summed E-state index contributed by atoms with van der Waals surface area (Å²) in [5.74, 6) is -0.130. The number of pyridine rings is 1. The van der Waals surface area contributed by atoms with Gasteiger partial charge in [-0.3, -0.25) is 9.59 Å². The Morgan fingerprint density at radius 2 is 1.62 bits per heavy atom. The van der Waals surface area contributed by atoms with Crippen LogP contribution in [-0.4, -0.2) is 36.3 Å². The first-order chi connectivity index (χ1) is 15.4. The van der Waals surface area contributed by atoms with Crippen LogP contribution in [0.4, 0.5) is 5.69 Å².